The summed E-state index contributed by atoms with van der Waals surface area (Å²) in [5, 5.41) is 0. The third-order valence-electron chi connectivity index (χ3n) is 5.68. The van der Waals surface area contributed by atoms with Crippen LogP contribution in [0.1, 0.15) is 86.0 Å². The zero-order chi connectivity index (χ0) is 23.1. The number of carbonyl (C=O) groups is 2. The first kappa shape index (κ1) is 27.1. The van der Waals surface area contributed by atoms with Crippen LogP contribution in [0.15, 0.2) is 46.6 Å². The van der Waals surface area contributed by atoms with E-state index in [-0.39, 0.29) is 11.7 Å². The molecule has 31 heavy (non-hydrogen) atoms. The van der Waals surface area contributed by atoms with Crippen molar-refractivity contribution >= 4 is 11.7 Å². The Hall–Kier alpha value is -1.94. The predicted octanol–water partition coefficient (Wildman–Crippen LogP) is 6.34. The van der Waals surface area contributed by atoms with Crippen molar-refractivity contribution < 1.29 is 14.3 Å². The lowest BCUT2D eigenvalue weighted by Gasteiger charge is -2.27. The van der Waals surface area contributed by atoms with Gasteiger partial charge in [0.05, 0.1) is 13.2 Å². The Morgan fingerprint density at radius 2 is 1.10 bits per heavy atom. The molecule has 0 bridgehead atoms. The number of hydrogen-bond donors (Lipinski definition) is 0. The third-order valence-corrected chi connectivity index (χ3v) is 5.68. The van der Waals surface area contributed by atoms with E-state index >= 15 is 0 Å². The summed E-state index contributed by atoms with van der Waals surface area (Å²) in [5.74, 6) is 0.408. The van der Waals surface area contributed by atoms with Crippen molar-refractivity contribution in [2.45, 2.75) is 86.0 Å². The number of ether oxygens (including phenoxy) is 1. The summed E-state index contributed by atoms with van der Waals surface area (Å²) >= 11 is 0. The molecule has 174 valence electrons. The lowest BCUT2D eigenvalue weighted by atomic mass is 10.0. The molecule has 0 aromatic rings. The molecule has 1 fully saturated rings. The van der Waals surface area contributed by atoms with Crippen LogP contribution in [0.2, 0.25) is 0 Å². The highest BCUT2D eigenvalue weighted by Crippen LogP contribution is 2.14. The van der Waals surface area contributed by atoms with Gasteiger partial charge in [-0.05, 0) is 79.6 Å². The Labute approximate surface area is 190 Å². The molecule has 0 aromatic carbocycles. The largest absolute Gasteiger partial charge is 0.378 e. The summed E-state index contributed by atoms with van der Waals surface area (Å²) in [7, 11) is 0. The predicted molar refractivity (Wildman–Crippen MR) is 130 cm³/mol. The van der Waals surface area contributed by atoms with E-state index in [2.05, 4.69) is 45.1 Å². The van der Waals surface area contributed by atoms with Crippen LogP contribution in [-0.2, 0) is 14.3 Å². The normalized spacial score (nSPS) is 16.6. The molecule has 1 aliphatic heterocycles. The van der Waals surface area contributed by atoms with E-state index in [9.17, 15) is 9.59 Å². The van der Waals surface area contributed by atoms with E-state index in [1.165, 1.54) is 16.7 Å². The van der Waals surface area contributed by atoms with Crippen molar-refractivity contribution in [1.82, 2.24) is 4.90 Å². The van der Waals surface area contributed by atoms with Crippen molar-refractivity contribution in [3.63, 3.8) is 0 Å². The van der Waals surface area contributed by atoms with Gasteiger partial charge in [0.25, 0.3) is 0 Å². The molecule has 1 amide bonds. The van der Waals surface area contributed by atoms with Crippen LogP contribution >= 0.6 is 0 Å². The van der Waals surface area contributed by atoms with Gasteiger partial charge in [-0.3, -0.25) is 4.79 Å². The molecule has 0 atom stereocenters. The number of ketones is 1. The first-order valence-electron chi connectivity index (χ1n) is 11.8. The highest BCUT2D eigenvalue weighted by Gasteiger charge is 2.17. The zero-order valence-corrected chi connectivity index (χ0v) is 20.5. The van der Waals surface area contributed by atoms with E-state index in [0.717, 1.165) is 50.5 Å². The second-order valence-electron chi connectivity index (χ2n) is 8.80. The Morgan fingerprint density at radius 3 is 1.55 bits per heavy atom. The van der Waals surface area contributed by atoms with Crippen LogP contribution in [0.25, 0.3) is 0 Å². The Morgan fingerprint density at radius 1 is 0.677 bits per heavy atom. The number of allylic oxidation sites excluding steroid dienone is 7. The number of rotatable bonds is 13. The molecule has 4 nitrogen and oxygen atoms in total. The Balaban J connectivity index is 2.26. The highest BCUT2D eigenvalue weighted by molar-refractivity contribution is 5.92. The van der Waals surface area contributed by atoms with Gasteiger partial charge in [-0.25, -0.2) is 0 Å². The Kier molecular flexibility index (Phi) is 13.8. The standard InChI is InChI=1S/C27H43NO3/c1-22(11-7-13-24(3)15-9-17-26(5)29)10-6-12-23(2)14-8-16-25(4)27(30)28-18-20-31-21-19-28/h11-12,15-16H,6-10,13-14,17-21H2,1-5H3/b22-11+,23-12+,24-15+,25-16+. The van der Waals surface area contributed by atoms with Crippen molar-refractivity contribution in [3.05, 3.63) is 46.6 Å². The zero-order valence-electron chi connectivity index (χ0n) is 20.5. The molecule has 1 aliphatic rings. The minimum Gasteiger partial charge on any atom is -0.378 e. The summed E-state index contributed by atoms with van der Waals surface area (Å²) < 4.78 is 5.31. The van der Waals surface area contributed by atoms with Gasteiger partial charge in [0.15, 0.2) is 0 Å². The van der Waals surface area contributed by atoms with Gasteiger partial charge in [-0.15, -0.1) is 0 Å². The van der Waals surface area contributed by atoms with Crippen LogP contribution in [0.3, 0.4) is 0 Å². The van der Waals surface area contributed by atoms with E-state index in [1.54, 1.807) is 6.92 Å². The van der Waals surface area contributed by atoms with Crippen molar-refractivity contribution in [2.75, 3.05) is 26.3 Å². The number of morpholine rings is 1. The molecule has 0 aliphatic carbocycles. The summed E-state index contributed by atoms with van der Waals surface area (Å²) in [4.78, 5) is 25.3. The minimum absolute atomic E-state index is 0.148. The van der Waals surface area contributed by atoms with Crippen molar-refractivity contribution in [2.24, 2.45) is 0 Å². The molecule has 1 heterocycles. The maximum absolute atomic E-state index is 12.4. The van der Waals surface area contributed by atoms with Gasteiger partial charge in [0, 0.05) is 25.1 Å². The highest BCUT2D eigenvalue weighted by atomic mass is 16.5. The number of hydrogen-bond acceptors (Lipinski definition) is 3. The molecule has 0 radical (unpaired) electrons. The molecule has 1 saturated heterocycles. The average molecular weight is 430 g/mol. The molecule has 4 heteroatoms. The fraction of sp³-hybridized carbons (Fsp3) is 0.630. The van der Waals surface area contributed by atoms with Gasteiger partial charge in [0.2, 0.25) is 5.91 Å². The van der Waals surface area contributed by atoms with Crippen LogP contribution in [0.5, 0.6) is 0 Å². The summed E-state index contributed by atoms with van der Waals surface area (Å²) in [6, 6.07) is 0. The monoisotopic (exact) mass is 429 g/mol. The number of Topliss-reactive ketones (excluding diaryl/α,β-unsaturated/α-hetero) is 1. The van der Waals surface area contributed by atoms with Gasteiger partial charge >= 0.3 is 0 Å². The first-order chi connectivity index (χ1) is 14.8. The van der Waals surface area contributed by atoms with E-state index in [0.29, 0.717) is 32.7 Å². The summed E-state index contributed by atoms with van der Waals surface area (Å²) in [5.41, 5.74) is 5.04. The molecule has 0 N–H and O–H groups in total. The van der Waals surface area contributed by atoms with Crippen LogP contribution < -0.4 is 0 Å². The molecule has 0 saturated carbocycles. The van der Waals surface area contributed by atoms with Crippen molar-refractivity contribution in [1.29, 1.82) is 0 Å². The van der Waals surface area contributed by atoms with Crippen LogP contribution in [0, 0.1) is 0 Å². The average Bonchev–Trinajstić information content (AvgIpc) is 2.73. The van der Waals surface area contributed by atoms with Crippen LogP contribution in [-0.4, -0.2) is 42.9 Å². The van der Waals surface area contributed by atoms with Crippen LogP contribution in [0.4, 0.5) is 0 Å². The fourth-order valence-corrected chi connectivity index (χ4v) is 3.54. The molecule has 1 rings (SSSR count). The number of nitrogens with zero attached hydrogens (tertiary/aromatic N) is 1. The SMILES string of the molecule is CC(=O)CC/C=C(\C)CC/C=C(\C)CC/C=C(\C)CC/C=C(\C)C(=O)N1CCOCC1. The first-order valence-corrected chi connectivity index (χ1v) is 11.8. The van der Waals surface area contributed by atoms with E-state index < -0.39 is 0 Å². The fourth-order valence-electron chi connectivity index (χ4n) is 3.54. The topological polar surface area (TPSA) is 46.6 Å². The van der Waals surface area contributed by atoms with Gasteiger partial charge < -0.3 is 14.4 Å². The lowest BCUT2D eigenvalue weighted by Crippen LogP contribution is -2.41. The maximum Gasteiger partial charge on any atom is 0.249 e. The van der Waals surface area contributed by atoms with Gasteiger partial charge in [0.1, 0.15) is 5.78 Å². The Bertz CT molecular complexity index is 691. The van der Waals surface area contributed by atoms with Gasteiger partial charge in [-0.1, -0.05) is 41.0 Å². The number of amides is 1. The quantitative estimate of drug-likeness (QED) is 0.253. The molecule has 0 unspecified atom stereocenters. The second-order valence-corrected chi connectivity index (χ2v) is 8.80. The summed E-state index contributed by atoms with van der Waals surface area (Å²) in [6.45, 7) is 12.8. The number of carbonyl (C=O) groups excluding carboxylic acids is 2. The third kappa shape index (κ3) is 13.2. The maximum atomic E-state index is 12.4. The van der Waals surface area contributed by atoms with E-state index in [1.807, 2.05) is 11.8 Å². The second kappa shape index (κ2) is 15.8. The molecular formula is C27H43NO3. The van der Waals surface area contributed by atoms with Crippen molar-refractivity contribution in [3.8, 4) is 0 Å². The molecular weight excluding hydrogens is 386 g/mol. The summed E-state index contributed by atoms with van der Waals surface area (Å²) in [6.07, 6.45) is 16.7. The molecule has 0 aromatic heterocycles. The molecule has 0 spiro atoms. The minimum atomic E-state index is 0.148. The van der Waals surface area contributed by atoms with Gasteiger partial charge in [-0.2, -0.15) is 0 Å². The van der Waals surface area contributed by atoms with E-state index in [4.69, 9.17) is 4.74 Å². The smallest absolute Gasteiger partial charge is 0.249 e. The lowest BCUT2D eigenvalue weighted by molar-refractivity contribution is -0.131.